The van der Waals surface area contributed by atoms with Gasteiger partial charge in [0.1, 0.15) is 10.4 Å². The molecule has 0 spiro atoms. The van der Waals surface area contributed by atoms with Crippen molar-refractivity contribution in [3.05, 3.63) is 49.1 Å². The van der Waals surface area contributed by atoms with Gasteiger partial charge in [-0.2, -0.15) is 0 Å². The number of hydrogen-bond donors (Lipinski definition) is 0. The van der Waals surface area contributed by atoms with Crippen molar-refractivity contribution in [3.8, 4) is 0 Å². The average molecular weight is 539 g/mol. The molecule has 0 aromatic heterocycles. The molecule has 0 aliphatic heterocycles. The predicted molar refractivity (Wildman–Crippen MR) is 137 cm³/mol. The molecule has 9 nitrogen and oxygen atoms in total. The Morgan fingerprint density at radius 1 is 0.485 bits per heavy atom. The zero-order valence-electron chi connectivity index (χ0n) is 21.8. The largest absolute Gasteiger partial charge is 0.522 e. The molecule has 0 aliphatic rings. The summed E-state index contributed by atoms with van der Waals surface area (Å²) in [5.41, 5.74) is 6.27. The normalized spacial score (nSPS) is 17.0. The smallest absolute Gasteiger partial charge is 0.393 e. The summed E-state index contributed by atoms with van der Waals surface area (Å²) in [6.07, 6.45) is 0. The van der Waals surface area contributed by atoms with Crippen molar-refractivity contribution in [1.82, 2.24) is 0 Å². The van der Waals surface area contributed by atoms with Gasteiger partial charge in [0, 0.05) is 42.7 Å². The van der Waals surface area contributed by atoms with Crippen LogP contribution in [0.3, 0.4) is 0 Å². The summed E-state index contributed by atoms with van der Waals surface area (Å²) in [6, 6.07) is 0. The fourth-order valence-corrected chi connectivity index (χ4v) is 14.9. The summed E-state index contributed by atoms with van der Waals surface area (Å²) < 4.78 is 53.9. The highest BCUT2D eigenvalue weighted by molar-refractivity contribution is 6.83. The molecule has 2 atom stereocenters. The van der Waals surface area contributed by atoms with E-state index in [9.17, 15) is 0 Å². The maximum absolute atomic E-state index is 6.47. The van der Waals surface area contributed by atoms with E-state index < -0.39 is 45.2 Å². The lowest BCUT2D eigenvalue weighted by Crippen LogP contribution is -2.69. The minimum Gasteiger partial charge on any atom is -0.393 e. The molecule has 0 aromatic carbocycles. The fourth-order valence-electron chi connectivity index (χ4n) is 3.57. The molecule has 13 heteroatoms. The summed E-state index contributed by atoms with van der Waals surface area (Å²) in [4.78, 5) is 0. The van der Waals surface area contributed by atoms with Crippen molar-refractivity contribution in [1.29, 1.82) is 0 Å². The summed E-state index contributed by atoms with van der Waals surface area (Å²) in [6.45, 7) is 22.9. The van der Waals surface area contributed by atoms with Gasteiger partial charge < -0.3 is 39.5 Å². The summed E-state index contributed by atoms with van der Waals surface area (Å²) in [5, 5.41) is -1.98. The van der Waals surface area contributed by atoms with Gasteiger partial charge in [0.05, 0.1) is 0 Å². The highest BCUT2D eigenvalue weighted by Gasteiger charge is 2.62. The van der Waals surface area contributed by atoms with Gasteiger partial charge in [-0.15, -0.1) is 13.2 Å². The minimum absolute atomic E-state index is 0.988. The molecule has 0 radical (unpaired) electrons. The maximum Gasteiger partial charge on any atom is 0.522 e. The molecule has 33 heavy (non-hydrogen) atoms. The third-order valence-electron chi connectivity index (χ3n) is 5.58. The molecule has 0 aliphatic carbocycles. The number of rotatable bonds is 18. The Morgan fingerprint density at radius 2 is 0.758 bits per heavy atom. The van der Waals surface area contributed by atoms with Crippen molar-refractivity contribution in [3.63, 3.8) is 0 Å². The highest BCUT2D eigenvalue weighted by atomic mass is 28.5. The summed E-state index contributed by atoms with van der Waals surface area (Å²) >= 11 is 0. The van der Waals surface area contributed by atoms with Crippen LogP contribution in [0.25, 0.3) is 0 Å². The lowest BCUT2D eigenvalue weighted by atomic mass is 10.5. The Morgan fingerprint density at radius 3 is 0.909 bits per heavy atom. The quantitative estimate of drug-likeness (QED) is 0.244. The zero-order chi connectivity index (χ0) is 26.2. The van der Waals surface area contributed by atoms with E-state index in [2.05, 4.69) is 26.3 Å². The van der Waals surface area contributed by atoms with E-state index >= 15 is 0 Å². The second-order valence-electron chi connectivity index (χ2n) is 7.91. The van der Waals surface area contributed by atoms with Gasteiger partial charge in [0.2, 0.25) is 0 Å². The van der Waals surface area contributed by atoms with Gasteiger partial charge in [-0.25, -0.2) is 0 Å². The molecule has 192 valence electrons. The van der Waals surface area contributed by atoms with Gasteiger partial charge in [0.15, 0.2) is 0 Å². The van der Waals surface area contributed by atoms with Crippen LogP contribution in [0.4, 0.5) is 0 Å². The Labute approximate surface area is 204 Å². The van der Waals surface area contributed by atoms with E-state index in [0.717, 1.165) is 0 Å². The molecular weight excluding hydrogens is 497 g/mol. The summed E-state index contributed by atoms with van der Waals surface area (Å²) in [5.74, 6) is 0. The van der Waals surface area contributed by atoms with Crippen LogP contribution >= 0.6 is 0 Å². The molecular formula is C20H42O9Si4. The van der Waals surface area contributed by atoms with Crippen LogP contribution in [0.5, 0.6) is 0 Å². The van der Waals surface area contributed by atoms with Gasteiger partial charge in [-0.1, -0.05) is 13.2 Å². The molecule has 0 bridgehead atoms. The first-order valence-electron chi connectivity index (χ1n) is 10.2. The van der Waals surface area contributed by atoms with Gasteiger partial charge in [-0.05, 0) is 50.5 Å². The third kappa shape index (κ3) is 6.38. The third-order valence-corrected chi connectivity index (χ3v) is 19.1. The fraction of sp³-hybridized carbons (Fsp3) is 0.600. The molecule has 0 rings (SSSR count). The van der Waals surface area contributed by atoms with Crippen molar-refractivity contribution >= 4 is 34.7 Å². The molecule has 0 saturated heterocycles. The van der Waals surface area contributed by atoms with E-state index in [1.165, 1.54) is 25.6 Å². The van der Waals surface area contributed by atoms with Crippen LogP contribution in [0, 0.1) is 0 Å². The first kappa shape index (κ1) is 32.5. The van der Waals surface area contributed by atoms with E-state index in [-0.39, 0.29) is 0 Å². The molecule has 0 saturated carbocycles. The molecule has 0 amide bonds. The summed E-state index contributed by atoms with van der Waals surface area (Å²) in [7, 11) is -4.30. The van der Waals surface area contributed by atoms with Crippen molar-refractivity contribution in [2.45, 2.75) is 38.1 Å². The van der Waals surface area contributed by atoms with Crippen LogP contribution in [0.15, 0.2) is 49.1 Å². The van der Waals surface area contributed by atoms with Gasteiger partial charge in [-0.3, -0.25) is 0 Å². The zero-order valence-corrected chi connectivity index (χ0v) is 25.8. The predicted octanol–water partition coefficient (Wildman–Crippen LogP) is 3.21. The molecule has 0 aromatic rings. The lowest BCUT2D eigenvalue weighted by Gasteiger charge is -2.46. The monoisotopic (exact) mass is 538 g/mol. The second kappa shape index (κ2) is 12.4. The van der Waals surface area contributed by atoms with Crippen LogP contribution < -0.4 is 0 Å². The van der Waals surface area contributed by atoms with E-state index in [1.807, 2.05) is 27.7 Å². The van der Waals surface area contributed by atoms with Crippen LogP contribution in [0.2, 0.25) is 0 Å². The Bertz CT molecular complexity index is 624. The molecule has 0 fully saturated rings. The van der Waals surface area contributed by atoms with E-state index in [4.69, 9.17) is 39.5 Å². The Hall–Kier alpha value is -0.532. The van der Waals surface area contributed by atoms with E-state index in [0.29, 0.717) is 0 Å². The van der Waals surface area contributed by atoms with Gasteiger partial charge >= 0.3 is 34.7 Å². The minimum atomic E-state index is -3.66. The topological polar surface area (TPSA) is 83.1 Å². The average Bonchev–Trinajstić information content (AvgIpc) is 2.80. The van der Waals surface area contributed by atoms with Crippen LogP contribution in [-0.4, -0.2) is 87.8 Å². The van der Waals surface area contributed by atoms with Gasteiger partial charge in [0.25, 0.3) is 0 Å². The first-order chi connectivity index (χ1) is 15.2. The maximum atomic E-state index is 6.47. The molecule has 0 heterocycles. The Kier molecular flexibility index (Phi) is 12.2. The molecule has 2 unspecified atom stereocenters. The van der Waals surface area contributed by atoms with Crippen LogP contribution in [-0.2, 0) is 39.5 Å². The van der Waals surface area contributed by atoms with Crippen molar-refractivity contribution < 1.29 is 39.5 Å². The SMILES string of the molecule is C=C[Si](OC)(OC(C)(C)[Si](C=C)(OC)OC)O[Si](C=C)(OC)OC(C)(C)[Si](C=C)(OC)OC. The van der Waals surface area contributed by atoms with Crippen molar-refractivity contribution in [2.24, 2.45) is 0 Å². The van der Waals surface area contributed by atoms with Crippen molar-refractivity contribution in [2.75, 3.05) is 42.7 Å². The van der Waals surface area contributed by atoms with Crippen LogP contribution in [0.1, 0.15) is 27.7 Å². The molecule has 0 N–H and O–H groups in total. The van der Waals surface area contributed by atoms with E-state index in [1.54, 1.807) is 39.8 Å². The first-order valence-corrected chi connectivity index (χ1v) is 17.6. The second-order valence-corrected chi connectivity index (χ2v) is 20.7. The number of hydrogen-bond acceptors (Lipinski definition) is 9. The Balaban J connectivity index is 6.47. The lowest BCUT2D eigenvalue weighted by molar-refractivity contribution is 0.00000329. The standard InChI is InChI=1S/C20H42O9Si4/c1-15-30(21-9,22-10)19(5,6)27-32(17-3,25-13)29-33(18-4,26-14)28-20(7,8)31(16-2,23-11)24-12/h15-18H,1-4H2,5-14H3. The highest BCUT2D eigenvalue weighted by Crippen LogP contribution is 2.36.